The van der Waals surface area contributed by atoms with E-state index in [-0.39, 0.29) is 17.9 Å². The molecule has 0 unspecified atom stereocenters. The normalized spacial score (nSPS) is 12.6. The Morgan fingerprint density at radius 2 is 1.88 bits per heavy atom. The quantitative estimate of drug-likeness (QED) is 0.503. The molecule has 1 rings (SSSR count). The predicted molar refractivity (Wildman–Crippen MR) is 69.3 cm³/mol. The summed E-state index contributed by atoms with van der Waals surface area (Å²) in [5.41, 5.74) is 0.951. The van der Waals surface area contributed by atoms with Crippen LogP contribution in [0.15, 0.2) is 41.6 Å². The summed E-state index contributed by atoms with van der Waals surface area (Å²) in [5.74, 6) is -0.282. The van der Waals surface area contributed by atoms with Gasteiger partial charge in [0.05, 0.1) is 0 Å². The summed E-state index contributed by atoms with van der Waals surface area (Å²) in [4.78, 5) is 3.14. The summed E-state index contributed by atoms with van der Waals surface area (Å²) in [6, 6.07) is 9.51. The Balaban J connectivity index is 2.75. The maximum absolute atomic E-state index is 9.74. The number of rotatable bonds is 4. The van der Waals surface area contributed by atoms with Crippen molar-refractivity contribution >= 4 is 8.07 Å². The van der Waals surface area contributed by atoms with Gasteiger partial charge in [-0.1, -0.05) is 50.0 Å². The van der Waals surface area contributed by atoms with Gasteiger partial charge in [0.2, 0.25) is 13.5 Å². The van der Waals surface area contributed by atoms with Gasteiger partial charge >= 0.3 is 11.3 Å². The predicted octanol–water partition coefficient (Wildman–Crippen LogP) is 3.66. The molecule has 0 heterocycles. The molecule has 0 spiro atoms. The zero-order valence-corrected chi connectivity index (χ0v) is 11.3. The summed E-state index contributed by atoms with van der Waals surface area (Å²) < 4.78 is 5.22. The van der Waals surface area contributed by atoms with E-state index in [1.807, 2.05) is 50.0 Å². The van der Waals surface area contributed by atoms with Crippen molar-refractivity contribution in [3.8, 4) is 0 Å². The lowest BCUT2D eigenvalue weighted by atomic mass is 10.2. The first-order chi connectivity index (χ1) is 7.95. The molecule has 1 aromatic rings. The molecule has 0 amide bonds. The fourth-order valence-electron chi connectivity index (χ4n) is 1.31. The SMILES string of the molecule is C[Si](C)(C)/C([N+]#N)=C(\O)OCc1ccccc1. The van der Waals surface area contributed by atoms with Crippen LogP contribution in [0, 0.1) is 5.39 Å². The van der Waals surface area contributed by atoms with Crippen LogP contribution >= 0.6 is 0 Å². The van der Waals surface area contributed by atoms with Crippen LogP contribution < -0.4 is 0 Å². The molecule has 0 fully saturated rings. The highest BCUT2D eigenvalue weighted by atomic mass is 28.3. The number of benzene rings is 1. The minimum absolute atomic E-state index is 0.260. The average Bonchev–Trinajstić information content (AvgIpc) is 2.27. The smallest absolute Gasteiger partial charge is 0.403 e. The van der Waals surface area contributed by atoms with Gasteiger partial charge in [-0.05, 0) is 5.56 Å². The van der Waals surface area contributed by atoms with Crippen LogP contribution in [0.1, 0.15) is 5.56 Å². The van der Waals surface area contributed by atoms with E-state index in [1.165, 1.54) is 0 Å². The topological polar surface area (TPSA) is 57.6 Å². The largest absolute Gasteiger partial charge is 0.476 e. The fraction of sp³-hybridized carbons (Fsp3) is 0.333. The van der Waals surface area contributed by atoms with Gasteiger partial charge in [0.1, 0.15) is 6.61 Å². The second-order valence-electron chi connectivity index (χ2n) is 4.78. The first-order valence-electron chi connectivity index (χ1n) is 5.40. The van der Waals surface area contributed by atoms with Crippen molar-refractivity contribution in [1.82, 2.24) is 0 Å². The van der Waals surface area contributed by atoms with Crippen LogP contribution in [0.2, 0.25) is 19.6 Å². The van der Waals surface area contributed by atoms with Gasteiger partial charge in [0.15, 0.2) is 4.98 Å². The molecule has 5 heteroatoms. The molecule has 0 aliphatic heterocycles. The Labute approximate surface area is 102 Å². The lowest BCUT2D eigenvalue weighted by Gasteiger charge is -2.07. The van der Waals surface area contributed by atoms with Crippen molar-refractivity contribution in [3.63, 3.8) is 0 Å². The summed E-state index contributed by atoms with van der Waals surface area (Å²) in [5, 5.41) is 18.9. The van der Waals surface area contributed by atoms with Crippen molar-refractivity contribution in [1.29, 1.82) is 5.39 Å². The van der Waals surface area contributed by atoms with E-state index < -0.39 is 8.07 Å². The van der Waals surface area contributed by atoms with E-state index >= 15 is 0 Å². The molecule has 1 N–H and O–H groups in total. The first-order valence-corrected chi connectivity index (χ1v) is 8.90. The Morgan fingerprint density at radius 1 is 1.29 bits per heavy atom. The molecule has 0 aliphatic carbocycles. The van der Waals surface area contributed by atoms with E-state index in [0.717, 1.165) is 5.56 Å². The molecule has 17 heavy (non-hydrogen) atoms. The number of diazo groups is 1. The molecule has 0 aliphatic rings. The highest BCUT2D eigenvalue weighted by Gasteiger charge is 2.38. The second-order valence-corrected chi connectivity index (χ2v) is 9.75. The number of nitrogens with zero attached hydrogens (tertiary/aromatic N) is 2. The standard InChI is InChI=1S/C12H16N2O2Si/c1-17(2,3)11(14-13)12(15)16-9-10-7-5-4-6-8-10/h4-8H,9H2,1-3H3/p+1/b12-11+. The van der Waals surface area contributed by atoms with Gasteiger partial charge in [-0.2, -0.15) is 0 Å². The van der Waals surface area contributed by atoms with Crippen molar-refractivity contribution < 1.29 is 9.84 Å². The average molecular weight is 249 g/mol. The highest BCUT2D eigenvalue weighted by Crippen LogP contribution is 2.20. The minimum Gasteiger partial charge on any atom is -0.476 e. The molecular weight excluding hydrogens is 232 g/mol. The lowest BCUT2D eigenvalue weighted by molar-refractivity contribution is 0.0812. The van der Waals surface area contributed by atoms with Crippen LogP contribution in [0.3, 0.4) is 0 Å². The van der Waals surface area contributed by atoms with Crippen LogP contribution in [-0.2, 0) is 11.3 Å². The molecular formula is C12H17N2O2Si+. The maximum atomic E-state index is 9.74. The van der Waals surface area contributed by atoms with Crippen molar-refractivity contribution in [2.24, 2.45) is 0 Å². The first kappa shape index (κ1) is 13.3. The Morgan fingerprint density at radius 3 is 2.35 bits per heavy atom. The number of aliphatic hydroxyl groups excluding tert-OH is 1. The molecule has 0 radical (unpaired) electrons. The molecule has 1 aromatic carbocycles. The van der Waals surface area contributed by atoms with Gasteiger partial charge in [0, 0.05) is 0 Å². The van der Waals surface area contributed by atoms with Crippen molar-refractivity contribution in [2.45, 2.75) is 26.2 Å². The van der Waals surface area contributed by atoms with Gasteiger partial charge in [-0.3, -0.25) is 0 Å². The number of hydrogen-bond acceptors (Lipinski definition) is 3. The molecule has 4 nitrogen and oxygen atoms in total. The fourth-order valence-corrected chi connectivity index (χ4v) is 2.32. The van der Waals surface area contributed by atoms with Gasteiger partial charge in [0.25, 0.3) is 0 Å². The lowest BCUT2D eigenvalue weighted by Crippen LogP contribution is -2.24. The van der Waals surface area contributed by atoms with Gasteiger partial charge < -0.3 is 9.84 Å². The van der Waals surface area contributed by atoms with E-state index in [4.69, 9.17) is 10.1 Å². The molecule has 0 atom stereocenters. The maximum Gasteiger partial charge on any atom is 0.403 e. The van der Waals surface area contributed by atoms with Crippen LogP contribution in [0.4, 0.5) is 0 Å². The summed E-state index contributed by atoms with van der Waals surface area (Å²) >= 11 is 0. The molecule has 90 valence electrons. The van der Waals surface area contributed by atoms with E-state index in [9.17, 15) is 5.11 Å². The highest BCUT2D eigenvalue weighted by molar-refractivity contribution is 6.83. The van der Waals surface area contributed by atoms with Crippen molar-refractivity contribution in [2.75, 3.05) is 0 Å². The van der Waals surface area contributed by atoms with Gasteiger partial charge in [-0.15, -0.1) is 0 Å². The van der Waals surface area contributed by atoms with Crippen LogP contribution in [0.5, 0.6) is 0 Å². The molecule has 0 aromatic heterocycles. The number of hydrogen-bond donors (Lipinski definition) is 1. The third kappa shape index (κ3) is 3.92. The Bertz CT molecular complexity index is 444. The minimum atomic E-state index is -1.90. The number of aliphatic hydroxyl groups is 1. The molecule has 0 bridgehead atoms. The monoisotopic (exact) mass is 249 g/mol. The zero-order valence-electron chi connectivity index (χ0n) is 10.3. The van der Waals surface area contributed by atoms with E-state index in [0.29, 0.717) is 0 Å². The molecule has 0 saturated heterocycles. The third-order valence-electron chi connectivity index (χ3n) is 2.23. The van der Waals surface area contributed by atoms with E-state index in [1.54, 1.807) is 0 Å². The molecule has 0 saturated carbocycles. The van der Waals surface area contributed by atoms with Gasteiger partial charge in [-0.25, -0.2) is 0 Å². The van der Waals surface area contributed by atoms with Crippen LogP contribution in [0.25, 0.3) is 4.98 Å². The second kappa shape index (κ2) is 5.50. The summed E-state index contributed by atoms with van der Waals surface area (Å²) in [6.07, 6.45) is 0. The van der Waals surface area contributed by atoms with Crippen LogP contribution in [-0.4, -0.2) is 13.2 Å². The van der Waals surface area contributed by atoms with E-state index in [2.05, 4.69) is 4.98 Å². The third-order valence-corrected chi connectivity index (χ3v) is 3.97. The van der Waals surface area contributed by atoms with Crippen molar-refractivity contribution in [3.05, 3.63) is 52.1 Å². The summed E-state index contributed by atoms with van der Waals surface area (Å²) in [6.45, 7) is 6.15. The Kier molecular flexibility index (Phi) is 4.29. The summed E-state index contributed by atoms with van der Waals surface area (Å²) in [7, 11) is -1.90. The number of ether oxygens (including phenoxy) is 1. The zero-order chi connectivity index (χ0) is 12.9. The Hall–Kier alpha value is -1.80.